The fourth-order valence-corrected chi connectivity index (χ4v) is 2.11. The Morgan fingerprint density at radius 2 is 1.65 bits per heavy atom. The van der Waals surface area contributed by atoms with Crippen LogP contribution in [0.4, 0.5) is 0 Å². The van der Waals surface area contributed by atoms with Gasteiger partial charge in [-0.2, -0.15) is 0 Å². The largest absolute Gasteiger partial charge is 1.00 e. The summed E-state index contributed by atoms with van der Waals surface area (Å²) in [7, 11) is 0. The standard InChI is InChI=1S/C19H25NO2.ClH/c1-4-21-19-12-17(13-20-15(2)3)10-11-18(19)22-14-16-8-6-5-7-9-16;/h5-12,15,20H,4,13-14H2,1-3H3;1H/p-1. The molecule has 0 spiro atoms. The van der Waals surface area contributed by atoms with E-state index < -0.39 is 0 Å². The van der Waals surface area contributed by atoms with Gasteiger partial charge in [0.25, 0.3) is 0 Å². The Kier molecular flexibility index (Phi) is 8.52. The minimum absolute atomic E-state index is 0. The Bertz CT molecular complexity index is 573. The van der Waals surface area contributed by atoms with Crippen molar-refractivity contribution < 1.29 is 21.9 Å². The van der Waals surface area contributed by atoms with Crippen LogP contribution < -0.4 is 27.2 Å². The Morgan fingerprint density at radius 3 is 2.30 bits per heavy atom. The molecule has 0 fully saturated rings. The van der Waals surface area contributed by atoms with Crippen LogP contribution >= 0.6 is 0 Å². The molecule has 0 bridgehead atoms. The number of hydrogen-bond acceptors (Lipinski definition) is 3. The van der Waals surface area contributed by atoms with Gasteiger partial charge in [-0.3, -0.25) is 0 Å². The Morgan fingerprint density at radius 1 is 0.913 bits per heavy atom. The topological polar surface area (TPSA) is 30.5 Å². The van der Waals surface area contributed by atoms with Crippen LogP contribution in [0.2, 0.25) is 0 Å². The van der Waals surface area contributed by atoms with E-state index in [0.29, 0.717) is 19.3 Å². The third-order valence-electron chi connectivity index (χ3n) is 3.26. The summed E-state index contributed by atoms with van der Waals surface area (Å²) in [6.45, 7) is 8.27. The Labute approximate surface area is 145 Å². The zero-order chi connectivity index (χ0) is 15.8. The van der Waals surface area contributed by atoms with Crippen LogP contribution in [0.3, 0.4) is 0 Å². The Hall–Kier alpha value is -1.71. The smallest absolute Gasteiger partial charge is 0.161 e. The first-order valence-corrected chi connectivity index (χ1v) is 7.85. The van der Waals surface area contributed by atoms with Crippen LogP contribution in [-0.2, 0) is 13.2 Å². The molecule has 0 atom stereocenters. The van der Waals surface area contributed by atoms with Gasteiger partial charge in [0, 0.05) is 12.6 Å². The highest BCUT2D eigenvalue weighted by Crippen LogP contribution is 2.29. The van der Waals surface area contributed by atoms with Crippen molar-refractivity contribution >= 4 is 0 Å². The molecule has 0 aliphatic rings. The fourth-order valence-electron chi connectivity index (χ4n) is 2.11. The van der Waals surface area contributed by atoms with Gasteiger partial charge in [0.15, 0.2) is 11.5 Å². The molecule has 0 heterocycles. The average molecular weight is 335 g/mol. The van der Waals surface area contributed by atoms with E-state index in [1.54, 1.807) is 0 Å². The van der Waals surface area contributed by atoms with E-state index >= 15 is 0 Å². The van der Waals surface area contributed by atoms with Gasteiger partial charge in [0.05, 0.1) is 6.61 Å². The molecule has 2 rings (SSSR count). The second-order valence-electron chi connectivity index (χ2n) is 5.52. The molecular weight excluding hydrogens is 310 g/mol. The number of rotatable bonds is 8. The SMILES string of the molecule is CCOc1cc(CNC(C)C)ccc1OCc1ccccc1.[Cl-]. The van der Waals surface area contributed by atoms with Gasteiger partial charge < -0.3 is 27.2 Å². The monoisotopic (exact) mass is 334 g/mol. The molecule has 0 radical (unpaired) electrons. The van der Waals surface area contributed by atoms with Crippen LogP contribution in [0.15, 0.2) is 48.5 Å². The van der Waals surface area contributed by atoms with Gasteiger partial charge in [-0.15, -0.1) is 0 Å². The van der Waals surface area contributed by atoms with E-state index in [0.717, 1.165) is 23.6 Å². The molecule has 0 saturated carbocycles. The van der Waals surface area contributed by atoms with E-state index in [-0.39, 0.29) is 12.4 Å². The lowest BCUT2D eigenvalue weighted by Gasteiger charge is -2.14. The van der Waals surface area contributed by atoms with Crippen molar-refractivity contribution in [2.75, 3.05) is 6.61 Å². The summed E-state index contributed by atoms with van der Waals surface area (Å²) in [4.78, 5) is 0. The van der Waals surface area contributed by atoms with Gasteiger partial charge >= 0.3 is 0 Å². The number of hydrogen-bond donors (Lipinski definition) is 1. The Balaban J connectivity index is 0.00000264. The zero-order valence-corrected chi connectivity index (χ0v) is 14.8. The third-order valence-corrected chi connectivity index (χ3v) is 3.26. The lowest BCUT2D eigenvalue weighted by molar-refractivity contribution is -0.00000555. The van der Waals surface area contributed by atoms with E-state index in [9.17, 15) is 0 Å². The molecule has 0 aromatic heterocycles. The molecule has 0 amide bonds. The molecular formula is C19H25ClNO2-. The maximum atomic E-state index is 5.91. The van der Waals surface area contributed by atoms with Gasteiger partial charge in [-0.1, -0.05) is 50.2 Å². The first-order valence-electron chi connectivity index (χ1n) is 7.85. The highest BCUT2D eigenvalue weighted by atomic mass is 35.5. The van der Waals surface area contributed by atoms with Crippen LogP contribution in [0, 0.1) is 0 Å². The number of halogens is 1. The van der Waals surface area contributed by atoms with Gasteiger partial charge in [0.2, 0.25) is 0 Å². The number of ether oxygens (including phenoxy) is 2. The minimum Gasteiger partial charge on any atom is -1.00 e. The van der Waals surface area contributed by atoms with Gasteiger partial charge in [-0.05, 0) is 30.2 Å². The molecule has 126 valence electrons. The summed E-state index contributed by atoms with van der Waals surface area (Å²) in [5, 5.41) is 3.41. The summed E-state index contributed by atoms with van der Waals surface area (Å²) >= 11 is 0. The second kappa shape index (κ2) is 10.1. The van der Waals surface area contributed by atoms with Gasteiger partial charge in [-0.25, -0.2) is 0 Å². The molecule has 2 aromatic rings. The maximum Gasteiger partial charge on any atom is 0.161 e. The maximum absolute atomic E-state index is 5.91. The summed E-state index contributed by atoms with van der Waals surface area (Å²) in [5.74, 6) is 1.60. The van der Waals surface area contributed by atoms with E-state index in [1.807, 2.05) is 31.2 Å². The molecule has 0 unspecified atom stereocenters. The van der Waals surface area contributed by atoms with Crippen LogP contribution in [0.1, 0.15) is 31.9 Å². The fraction of sp³-hybridized carbons (Fsp3) is 0.368. The molecule has 4 heteroatoms. The van der Waals surface area contributed by atoms with Crippen molar-refractivity contribution in [2.45, 2.75) is 40.0 Å². The first-order chi connectivity index (χ1) is 10.7. The van der Waals surface area contributed by atoms with Crippen molar-refractivity contribution in [2.24, 2.45) is 0 Å². The normalized spacial score (nSPS) is 10.3. The van der Waals surface area contributed by atoms with E-state index in [1.165, 1.54) is 5.56 Å². The summed E-state index contributed by atoms with van der Waals surface area (Å²) in [6, 6.07) is 16.7. The predicted molar refractivity (Wildman–Crippen MR) is 90.4 cm³/mol. The predicted octanol–water partition coefficient (Wildman–Crippen LogP) is 1.17. The molecule has 0 saturated heterocycles. The van der Waals surface area contributed by atoms with Crippen molar-refractivity contribution in [3.8, 4) is 11.5 Å². The molecule has 23 heavy (non-hydrogen) atoms. The molecule has 0 aliphatic heterocycles. The quantitative estimate of drug-likeness (QED) is 0.786. The molecule has 3 nitrogen and oxygen atoms in total. The first kappa shape index (κ1) is 19.3. The van der Waals surface area contributed by atoms with Crippen LogP contribution in [-0.4, -0.2) is 12.6 Å². The van der Waals surface area contributed by atoms with Crippen LogP contribution in [0.5, 0.6) is 11.5 Å². The van der Waals surface area contributed by atoms with Crippen molar-refractivity contribution in [1.82, 2.24) is 5.32 Å². The molecule has 0 aliphatic carbocycles. The lowest BCUT2D eigenvalue weighted by atomic mass is 10.2. The summed E-state index contributed by atoms with van der Waals surface area (Å²) in [6.07, 6.45) is 0. The number of benzene rings is 2. The van der Waals surface area contributed by atoms with Crippen molar-refractivity contribution in [1.29, 1.82) is 0 Å². The summed E-state index contributed by atoms with van der Waals surface area (Å²) < 4.78 is 11.6. The number of nitrogens with one attached hydrogen (secondary N) is 1. The highest BCUT2D eigenvalue weighted by Gasteiger charge is 2.07. The van der Waals surface area contributed by atoms with Crippen molar-refractivity contribution in [3.63, 3.8) is 0 Å². The van der Waals surface area contributed by atoms with Gasteiger partial charge in [0.1, 0.15) is 6.61 Å². The summed E-state index contributed by atoms with van der Waals surface area (Å²) in [5.41, 5.74) is 2.35. The van der Waals surface area contributed by atoms with E-state index in [4.69, 9.17) is 9.47 Å². The van der Waals surface area contributed by atoms with Crippen LogP contribution in [0.25, 0.3) is 0 Å². The highest BCUT2D eigenvalue weighted by molar-refractivity contribution is 5.43. The van der Waals surface area contributed by atoms with Crippen molar-refractivity contribution in [3.05, 3.63) is 59.7 Å². The zero-order valence-electron chi connectivity index (χ0n) is 14.0. The molecule has 1 N–H and O–H groups in total. The third kappa shape index (κ3) is 6.51. The molecule has 2 aromatic carbocycles. The van der Waals surface area contributed by atoms with E-state index in [2.05, 4.69) is 43.4 Å². The second-order valence-corrected chi connectivity index (χ2v) is 5.52. The lowest BCUT2D eigenvalue weighted by Crippen LogP contribution is -3.00. The minimum atomic E-state index is 0. The average Bonchev–Trinajstić information content (AvgIpc) is 2.53.